The zero-order chi connectivity index (χ0) is 25.2. The number of H-pyrrole nitrogens is 1. The molecule has 11 heteroatoms. The molecule has 3 aromatic rings. The van der Waals surface area contributed by atoms with Gasteiger partial charge in [-0.2, -0.15) is 13.2 Å². The van der Waals surface area contributed by atoms with Crippen molar-refractivity contribution < 1.29 is 22.7 Å². The zero-order valence-electron chi connectivity index (χ0n) is 19.4. The van der Waals surface area contributed by atoms with E-state index in [1.807, 2.05) is 20.0 Å². The summed E-state index contributed by atoms with van der Waals surface area (Å²) in [7, 11) is 3.07. The number of benzene rings is 1. The van der Waals surface area contributed by atoms with Gasteiger partial charge in [0.15, 0.2) is 0 Å². The van der Waals surface area contributed by atoms with Crippen molar-refractivity contribution in [1.82, 2.24) is 20.3 Å². The number of fused-ring (bicyclic) bond motifs is 1. The lowest BCUT2D eigenvalue weighted by Gasteiger charge is -2.22. The minimum Gasteiger partial charge on any atom is -0.453 e. The Bertz CT molecular complexity index is 1310. The second-order valence-corrected chi connectivity index (χ2v) is 8.17. The predicted octanol–water partition coefficient (Wildman–Crippen LogP) is 5.30. The highest BCUT2D eigenvalue weighted by molar-refractivity contribution is 6.04. The van der Waals surface area contributed by atoms with Crippen LogP contribution in [0.4, 0.5) is 29.6 Å². The van der Waals surface area contributed by atoms with Crippen molar-refractivity contribution in [3.63, 3.8) is 0 Å². The van der Waals surface area contributed by atoms with Crippen molar-refractivity contribution in [3.8, 4) is 11.3 Å². The number of anilines is 2. The summed E-state index contributed by atoms with van der Waals surface area (Å²) in [5.41, 5.74) is 1.71. The Morgan fingerprint density at radius 3 is 2.83 bits per heavy atom. The average molecular weight is 486 g/mol. The number of rotatable bonds is 6. The Balaban J connectivity index is 1.78. The SMILES string of the molecule is CNCC1=CCC(C)C(Nc2ncc(C(F)(F)F)c(-c3c[nH]c4c(NC(=O)OC)cccc34)n2)=C1. The fraction of sp³-hybridized carbons (Fsp3) is 0.292. The van der Waals surface area contributed by atoms with Gasteiger partial charge in [0.25, 0.3) is 0 Å². The molecule has 0 fully saturated rings. The van der Waals surface area contributed by atoms with E-state index < -0.39 is 17.8 Å². The summed E-state index contributed by atoms with van der Waals surface area (Å²) < 4.78 is 46.4. The van der Waals surface area contributed by atoms with Gasteiger partial charge >= 0.3 is 12.3 Å². The summed E-state index contributed by atoms with van der Waals surface area (Å²) in [4.78, 5) is 22.9. The van der Waals surface area contributed by atoms with E-state index in [0.717, 1.165) is 23.9 Å². The molecule has 0 bridgehead atoms. The molecule has 35 heavy (non-hydrogen) atoms. The molecule has 0 saturated heterocycles. The normalized spacial score (nSPS) is 16.0. The zero-order valence-corrected chi connectivity index (χ0v) is 19.4. The number of aromatic nitrogens is 3. The quantitative estimate of drug-likeness (QED) is 0.377. The van der Waals surface area contributed by atoms with Crippen LogP contribution in [0.1, 0.15) is 18.9 Å². The number of likely N-dealkylation sites (N-methyl/N-ethyl adjacent to an activating group) is 1. The van der Waals surface area contributed by atoms with Crippen molar-refractivity contribution in [2.75, 3.05) is 31.3 Å². The monoisotopic (exact) mass is 486 g/mol. The summed E-state index contributed by atoms with van der Waals surface area (Å²) in [6.07, 6.45) is 1.74. The first-order valence-electron chi connectivity index (χ1n) is 10.9. The number of nitrogens with one attached hydrogen (secondary N) is 4. The van der Waals surface area contributed by atoms with Crippen LogP contribution in [0.5, 0.6) is 0 Å². The number of alkyl halides is 3. The molecular formula is C24H25F3N6O2. The fourth-order valence-corrected chi connectivity index (χ4v) is 3.94. The lowest BCUT2D eigenvalue weighted by Crippen LogP contribution is -2.18. The molecule has 184 valence electrons. The number of aromatic amines is 1. The molecule has 1 atom stereocenters. The van der Waals surface area contributed by atoms with Crippen molar-refractivity contribution in [2.24, 2.45) is 5.92 Å². The minimum atomic E-state index is -4.67. The molecule has 1 unspecified atom stereocenters. The molecule has 2 heterocycles. The molecular weight excluding hydrogens is 461 g/mol. The third-order valence-corrected chi connectivity index (χ3v) is 5.73. The Morgan fingerprint density at radius 1 is 1.31 bits per heavy atom. The molecule has 1 aliphatic rings. The van der Waals surface area contributed by atoms with Crippen molar-refractivity contribution in [2.45, 2.75) is 19.5 Å². The van der Waals surface area contributed by atoms with Gasteiger partial charge in [0.05, 0.1) is 24.0 Å². The van der Waals surface area contributed by atoms with Gasteiger partial charge in [0, 0.05) is 35.6 Å². The Labute approximate surface area is 199 Å². The second kappa shape index (κ2) is 9.79. The van der Waals surface area contributed by atoms with E-state index in [9.17, 15) is 18.0 Å². The number of ether oxygens (including phenoxy) is 1. The number of nitrogens with zero attached hydrogens (tertiary/aromatic N) is 2. The third kappa shape index (κ3) is 5.14. The van der Waals surface area contributed by atoms with Crippen LogP contribution < -0.4 is 16.0 Å². The molecule has 0 spiro atoms. The van der Waals surface area contributed by atoms with Gasteiger partial charge in [-0.05, 0) is 37.1 Å². The number of carbonyl (C=O) groups excluding carboxylic acids is 1. The summed E-state index contributed by atoms with van der Waals surface area (Å²) >= 11 is 0. The first-order chi connectivity index (χ1) is 16.7. The number of amides is 1. The van der Waals surface area contributed by atoms with Gasteiger partial charge < -0.3 is 20.4 Å². The van der Waals surface area contributed by atoms with Crippen LogP contribution in [0.25, 0.3) is 22.2 Å². The second-order valence-electron chi connectivity index (χ2n) is 8.17. The van der Waals surface area contributed by atoms with Gasteiger partial charge in [0.1, 0.15) is 5.56 Å². The maximum absolute atomic E-state index is 13.9. The maximum atomic E-state index is 13.9. The highest BCUT2D eigenvalue weighted by Crippen LogP contribution is 2.40. The van der Waals surface area contributed by atoms with Crippen LogP contribution in [0.2, 0.25) is 0 Å². The standard InChI is InChI=1S/C24H25F3N6O2/c1-13-7-8-14(10-28-2)9-19(13)31-22-30-12-17(24(25,26)27)20(33-22)16-11-29-21-15(16)5-4-6-18(21)32-23(34)35-3/h4-6,8-9,11-13,28-29H,7,10H2,1-3H3,(H,32,34)(H,30,31,33). The van der Waals surface area contributed by atoms with E-state index >= 15 is 0 Å². The van der Waals surface area contributed by atoms with Gasteiger partial charge in [-0.1, -0.05) is 25.1 Å². The predicted molar refractivity (Wildman–Crippen MR) is 128 cm³/mol. The fourth-order valence-electron chi connectivity index (χ4n) is 3.94. The summed E-state index contributed by atoms with van der Waals surface area (Å²) in [5, 5.41) is 9.21. The molecule has 0 saturated carbocycles. The highest BCUT2D eigenvalue weighted by Gasteiger charge is 2.36. The lowest BCUT2D eigenvalue weighted by molar-refractivity contribution is -0.137. The van der Waals surface area contributed by atoms with E-state index in [0.29, 0.717) is 23.1 Å². The Hall–Kier alpha value is -3.86. The smallest absolute Gasteiger partial charge is 0.419 e. The van der Waals surface area contributed by atoms with Gasteiger partial charge in [-0.15, -0.1) is 0 Å². The van der Waals surface area contributed by atoms with Crippen molar-refractivity contribution in [1.29, 1.82) is 0 Å². The first kappa shape index (κ1) is 24.3. The molecule has 0 radical (unpaired) electrons. The van der Waals surface area contributed by atoms with Gasteiger partial charge in [-0.25, -0.2) is 14.8 Å². The van der Waals surface area contributed by atoms with Crippen LogP contribution in [0, 0.1) is 5.92 Å². The van der Waals surface area contributed by atoms with E-state index in [4.69, 9.17) is 0 Å². The number of halogens is 3. The van der Waals surface area contributed by atoms with Crippen LogP contribution in [-0.2, 0) is 10.9 Å². The largest absolute Gasteiger partial charge is 0.453 e. The number of methoxy groups -OCH3 is 1. The van der Waals surface area contributed by atoms with Gasteiger partial charge in [0.2, 0.25) is 5.95 Å². The van der Waals surface area contributed by atoms with Crippen LogP contribution in [0.15, 0.2) is 54.0 Å². The molecule has 1 aliphatic carbocycles. The molecule has 4 rings (SSSR count). The number of para-hydroxylation sites is 1. The molecule has 1 aromatic carbocycles. The average Bonchev–Trinajstić information content (AvgIpc) is 3.26. The third-order valence-electron chi connectivity index (χ3n) is 5.73. The molecule has 1 amide bonds. The molecule has 0 aliphatic heterocycles. The van der Waals surface area contributed by atoms with E-state index in [-0.39, 0.29) is 23.1 Å². The number of carbonyl (C=O) groups is 1. The van der Waals surface area contributed by atoms with Crippen LogP contribution >= 0.6 is 0 Å². The maximum Gasteiger partial charge on any atom is 0.419 e. The van der Waals surface area contributed by atoms with Gasteiger partial charge in [-0.3, -0.25) is 5.32 Å². The van der Waals surface area contributed by atoms with Crippen molar-refractivity contribution in [3.05, 3.63) is 59.6 Å². The minimum absolute atomic E-state index is 0.0648. The van der Waals surface area contributed by atoms with E-state index in [1.54, 1.807) is 18.2 Å². The Kier molecular flexibility index (Phi) is 6.79. The highest BCUT2D eigenvalue weighted by atomic mass is 19.4. The molecule has 8 nitrogen and oxygen atoms in total. The summed E-state index contributed by atoms with van der Waals surface area (Å²) in [6, 6.07) is 4.90. The van der Waals surface area contributed by atoms with Crippen LogP contribution in [0.3, 0.4) is 0 Å². The van der Waals surface area contributed by atoms with Crippen LogP contribution in [-0.4, -0.2) is 41.7 Å². The number of hydrogen-bond donors (Lipinski definition) is 4. The molecule has 4 N–H and O–H groups in total. The molecule has 2 aromatic heterocycles. The van der Waals surface area contributed by atoms with E-state index in [2.05, 4.69) is 41.7 Å². The number of hydrogen-bond acceptors (Lipinski definition) is 6. The Morgan fingerprint density at radius 2 is 2.11 bits per heavy atom. The number of allylic oxidation sites excluding steroid dienone is 2. The summed E-state index contributed by atoms with van der Waals surface area (Å²) in [6.45, 7) is 2.69. The van der Waals surface area contributed by atoms with E-state index in [1.165, 1.54) is 13.3 Å². The lowest BCUT2D eigenvalue weighted by atomic mass is 9.94. The van der Waals surface area contributed by atoms with Crippen molar-refractivity contribution >= 4 is 28.6 Å². The summed E-state index contributed by atoms with van der Waals surface area (Å²) in [5.74, 6) is 0.194. The first-order valence-corrected chi connectivity index (χ1v) is 10.9. The topological polar surface area (TPSA) is 104 Å².